The zero-order chi connectivity index (χ0) is 16.6. The highest BCUT2D eigenvalue weighted by molar-refractivity contribution is 6.08. The van der Waals surface area contributed by atoms with E-state index in [4.69, 9.17) is 9.47 Å². The Labute approximate surface area is 134 Å². The zero-order valence-corrected chi connectivity index (χ0v) is 13.5. The lowest BCUT2D eigenvalue weighted by Gasteiger charge is -2.29. The van der Waals surface area contributed by atoms with Crippen LogP contribution in [0.25, 0.3) is 5.57 Å². The Kier molecular flexibility index (Phi) is 3.82. The van der Waals surface area contributed by atoms with Crippen molar-refractivity contribution < 1.29 is 14.3 Å². The number of amides is 1. The van der Waals surface area contributed by atoms with Crippen LogP contribution >= 0.6 is 0 Å². The van der Waals surface area contributed by atoms with Crippen LogP contribution in [0.4, 0.5) is 5.82 Å². The Bertz CT molecular complexity index is 779. The fourth-order valence-electron chi connectivity index (χ4n) is 2.81. The van der Waals surface area contributed by atoms with Gasteiger partial charge in [0.2, 0.25) is 0 Å². The van der Waals surface area contributed by atoms with Crippen molar-refractivity contribution in [3.05, 3.63) is 42.1 Å². The van der Waals surface area contributed by atoms with E-state index in [9.17, 15) is 4.79 Å². The highest BCUT2D eigenvalue weighted by Gasteiger charge is 2.29. The molecule has 0 unspecified atom stereocenters. The van der Waals surface area contributed by atoms with Gasteiger partial charge in [0, 0.05) is 24.7 Å². The van der Waals surface area contributed by atoms with Crippen LogP contribution < -0.4 is 14.4 Å². The topological polar surface area (TPSA) is 56.6 Å². The number of hydrogen-bond acceptors (Lipinski definition) is 4. The molecule has 1 aromatic heterocycles. The number of aryl methyl sites for hydroxylation is 1. The van der Waals surface area contributed by atoms with E-state index in [0.29, 0.717) is 23.6 Å². The molecule has 0 bridgehead atoms. The first-order chi connectivity index (χ1) is 11.1. The van der Waals surface area contributed by atoms with Gasteiger partial charge in [-0.3, -0.25) is 14.4 Å². The van der Waals surface area contributed by atoms with Crippen LogP contribution in [0.2, 0.25) is 0 Å². The molecule has 3 rings (SSSR count). The molecule has 2 heterocycles. The van der Waals surface area contributed by atoms with Gasteiger partial charge in [-0.1, -0.05) is 6.58 Å². The van der Waals surface area contributed by atoms with Gasteiger partial charge >= 0.3 is 0 Å². The fourth-order valence-corrected chi connectivity index (χ4v) is 2.81. The maximum atomic E-state index is 12.9. The monoisotopic (exact) mass is 313 g/mol. The van der Waals surface area contributed by atoms with Crippen LogP contribution in [0.3, 0.4) is 0 Å². The molecular weight excluding hydrogens is 294 g/mol. The van der Waals surface area contributed by atoms with Crippen LogP contribution in [0.15, 0.2) is 31.0 Å². The zero-order valence-electron chi connectivity index (χ0n) is 13.5. The molecule has 0 spiro atoms. The summed E-state index contributed by atoms with van der Waals surface area (Å²) in [6.45, 7) is 4.64. The first-order valence-electron chi connectivity index (χ1n) is 7.31. The van der Waals surface area contributed by atoms with Gasteiger partial charge in [-0.2, -0.15) is 5.10 Å². The largest absolute Gasteiger partial charge is 0.493 e. The van der Waals surface area contributed by atoms with Crippen molar-refractivity contribution in [1.82, 2.24) is 9.78 Å². The second kappa shape index (κ2) is 5.79. The summed E-state index contributed by atoms with van der Waals surface area (Å²) in [7, 11) is 4.94. The summed E-state index contributed by atoms with van der Waals surface area (Å²) < 4.78 is 12.2. The molecule has 1 amide bonds. The molecule has 120 valence electrons. The number of carbonyl (C=O) groups is 1. The summed E-state index contributed by atoms with van der Waals surface area (Å²) >= 11 is 0. The summed E-state index contributed by atoms with van der Waals surface area (Å²) in [4.78, 5) is 14.7. The molecule has 23 heavy (non-hydrogen) atoms. The molecule has 1 aliphatic heterocycles. The second-order valence-corrected chi connectivity index (χ2v) is 5.39. The summed E-state index contributed by atoms with van der Waals surface area (Å²) in [6, 6.07) is 5.17. The minimum atomic E-state index is -0.0942. The van der Waals surface area contributed by atoms with E-state index in [1.54, 1.807) is 48.2 Å². The van der Waals surface area contributed by atoms with E-state index in [2.05, 4.69) is 11.7 Å². The summed E-state index contributed by atoms with van der Waals surface area (Å²) in [5.41, 5.74) is 2.47. The lowest BCUT2D eigenvalue weighted by molar-refractivity contribution is 0.0984. The summed E-state index contributed by atoms with van der Waals surface area (Å²) in [5, 5.41) is 4.25. The van der Waals surface area contributed by atoms with Crippen molar-refractivity contribution in [2.75, 3.05) is 25.7 Å². The number of benzene rings is 1. The van der Waals surface area contributed by atoms with Gasteiger partial charge in [-0.15, -0.1) is 0 Å². The quantitative estimate of drug-likeness (QED) is 0.873. The average Bonchev–Trinajstić information content (AvgIpc) is 2.97. The fraction of sp³-hybridized carbons (Fsp3) is 0.294. The number of anilines is 1. The van der Waals surface area contributed by atoms with Crippen molar-refractivity contribution >= 4 is 17.3 Å². The third-order valence-electron chi connectivity index (χ3n) is 4.06. The molecule has 0 saturated heterocycles. The van der Waals surface area contributed by atoms with Crippen LogP contribution in [-0.4, -0.2) is 36.5 Å². The maximum Gasteiger partial charge on any atom is 0.259 e. The Morgan fingerprint density at radius 3 is 2.70 bits per heavy atom. The predicted octanol–water partition coefficient (Wildman–Crippen LogP) is 2.50. The van der Waals surface area contributed by atoms with Gasteiger partial charge in [0.15, 0.2) is 11.5 Å². The highest BCUT2D eigenvalue weighted by atomic mass is 16.5. The van der Waals surface area contributed by atoms with E-state index in [1.807, 2.05) is 7.05 Å². The van der Waals surface area contributed by atoms with E-state index in [0.717, 1.165) is 23.4 Å². The molecule has 6 heteroatoms. The van der Waals surface area contributed by atoms with E-state index in [1.165, 1.54) is 0 Å². The molecule has 0 saturated carbocycles. The first-order valence-corrected chi connectivity index (χ1v) is 7.31. The number of rotatable bonds is 3. The van der Waals surface area contributed by atoms with Crippen LogP contribution in [-0.2, 0) is 7.05 Å². The molecule has 2 aromatic rings. The van der Waals surface area contributed by atoms with Crippen molar-refractivity contribution in [2.45, 2.75) is 6.42 Å². The number of hydrogen-bond donors (Lipinski definition) is 0. The molecule has 0 radical (unpaired) electrons. The van der Waals surface area contributed by atoms with Crippen LogP contribution in [0.5, 0.6) is 11.5 Å². The summed E-state index contributed by atoms with van der Waals surface area (Å²) in [6.07, 6.45) is 2.49. The van der Waals surface area contributed by atoms with E-state index < -0.39 is 0 Å². The van der Waals surface area contributed by atoms with Gasteiger partial charge in [-0.25, -0.2) is 0 Å². The van der Waals surface area contributed by atoms with Crippen LogP contribution in [0.1, 0.15) is 22.3 Å². The number of methoxy groups -OCH3 is 2. The molecule has 6 nitrogen and oxygen atoms in total. The number of carbonyl (C=O) groups excluding carboxylic acids is 1. The maximum absolute atomic E-state index is 12.9. The molecule has 0 aliphatic carbocycles. The number of aromatic nitrogens is 2. The third kappa shape index (κ3) is 2.46. The van der Waals surface area contributed by atoms with Crippen molar-refractivity contribution in [3.63, 3.8) is 0 Å². The standard InChI is InChI=1S/C17H19N3O3/c1-11-7-8-20(16-13(11)10-18-19(16)2)17(21)12-5-6-14(22-3)15(9-12)23-4/h5-6,9-10H,1,7-8H2,2-4H3. The van der Waals surface area contributed by atoms with E-state index >= 15 is 0 Å². The molecule has 0 N–H and O–H groups in total. The molecule has 0 atom stereocenters. The van der Waals surface area contributed by atoms with Gasteiger partial charge in [-0.05, 0) is 30.2 Å². The molecule has 1 aromatic carbocycles. The van der Waals surface area contributed by atoms with Gasteiger partial charge in [0.25, 0.3) is 5.91 Å². The van der Waals surface area contributed by atoms with Gasteiger partial charge < -0.3 is 9.47 Å². The Morgan fingerprint density at radius 1 is 1.26 bits per heavy atom. The minimum Gasteiger partial charge on any atom is -0.493 e. The molecule has 1 aliphatic rings. The number of ether oxygens (including phenoxy) is 2. The van der Waals surface area contributed by atoms with Crippen molar-refractivity contribution in [2.24, 2.45) is 7.05 Å². The number of nitrogens with zero attached hydrogens (tertiary/aromatic N) is 3. The molecular formula is C17H19N3O3. The van der Waals surface area contributed by atoms with Crippen molar-refractivity contribution in [3.8, 4) is 11.5 Å². The number of fused-ring (bicyclic) bond motifs is 1. The van der Waals surface area contributed by atoms with Gasteiger partial charge in [0.05, 0.1) is 20.4 Å². The van der Waals surface area contributed by atoms with Gasteiger partial charge in [0.1, 0.15) is 5.82 Å². The van der Waals surface area contributed by atoms with Crippen molar-refractivity contribution in [1.29, 1.82) is 0 Å². The highest BCUT2D eigenvalue weighted by Crippen LogP contribution is 2.35. The van der Waals surface area contributed by atoms with Crippen LogP contribution in [0, 0.1) is 0 Å². The second-order valence-electron chi connectivity index (χ2n) is 5.39. The Hall–Kier alpha value is -2.76. The lowest BCUT2D eigenvalue weighted by atomic mass is 10.0. The SMILES string of the molecule is C=C1CCN(C(=O)c2ccc(OC)c(OC)c2)c2c1cnn2C. The smallest absolute Gasteiger partial charge is 0.259 e. The minimum absolute atomic E-state index is 0.0942. The Morgan fingerprint density at radius 2 is 2.00 bits per heavy atom. The lowest BCUT2D eigenvalue weighted by Crippen LogP contribution is -2.36. The third-order valence-corrected chi connectivity index (χ3v) is 4.06. The predicted molar refractivity (Wildman–Crippen MR) is 88.1 cm³/mol. The molecule has 0 fully saturated rings. The normalized spacial score (nSPS) is 13.7. The van der Waals surface area contributed by atoms with E-state index in [-0.39, 0.29) is 5.91 Å². The average molecular weight is 313 g/mol. The summed E-state index contributed by atoms with van der Waals surface area (Å²) in [5.74, 6) is 1.81. The Balaban J connectivity index is 2.00. The first kappa shape index (κ1) is 15.1.